The maximum atomic E-state index is 13.7. The predicted molar refractivity (Wildman–Crippen MR) is 68.5 cm³/mol. The van der Waals surface area contributed by atoms with Crippen LogP contribution >= 0.6 is 0 Å². The number of benzene rings is 1. The van der Waals surface area contributed by atoms with E-state index in [9.17, 15) is 8.78 Å². The summed E-state index contributed by atoms with van der Waals surface area (Å²) in [6, 6.07) is 4.33. The van der Waals surface area contributed by atoms with Gasteiger partial charge in [-0.3, -0.25) is 0 Å². The van der Waals surface area contributed by atoms with Crippen molar-refractivity contribution in [1.29, 1.82) is 0 Å². The summed E-state index contributed by atoms with van der Waals surface area (Å²) in [7, 11) is 0. The van der Waals surface area contributed by atoms with Crippen molar-refractivity contribution in [3.05, 3.63) is 41.9 Å². The first-order valence-electron chi connectivity index (χ1n) is 6.48. The van der Waals surface area contributed by atoms with Gasteiger partial charge in [0.25, 0.3) is 0 Å². The first kappa shape index (κ1) is 12.3. The van der Waals surface area contributed by atoms with E-state index in [4.69, 9.17) is 0 Å². The van der Waals surface area contributed by atoms with Gasteiger partial charge in [0, 0.05) is 5.56 Å². The third kappa shape index (κ3) is 2.38. The van der Waals surface area contributed by atoms with E-state index in [1.54, 1.807) is 12.3 Å². The van der Waals surface area contributed by atoms with E-state index < -0.39 is 11.6 Å². The Morgan fingerprint density at radius 2 is 2.11 bits per heavy atom. The molecule has 0 radical (unpaired) electrons. The van der Waals surface area contributed by atoms with Gasteiger partial charge in [0.1, 0.15) is 5.82 Å². The van der Waals surface area contributed by atoms with Crippen LogP contribution in [0.15, 0.2) is 24.4 Å². The number of halogens is 2. The van der Waals surface area contributed by atoms with E-state index in [0.29, 0.717) is 5.69 Å². The summed E-state index contributed by atoms with van der Waals surface area (Å²) in [5.41, 5.74) is 0.730. The average Bonchev–Trinajstić information content (AvgIpc) is 2.92. The first-order chi connectivity index (χ1) is 9.25. The van der Waals surface area contributed by atoms with Crippen LogP contribution in [0.2, 0.25) is 0 Å². The molecular formula is C14H15F2N3. The number of aromatic nitrogens is 2. The number of rotatable bonds is 2. The molecule has 3 rings (SSSR count). The van der Waals surface area contributed by atoms with Crippen molar-refractivity contribution < 1.29 is 8.78 Å². The minimum Gasteiger partial charge on any atom is -0.341 e. The lowest BCUT2D eigenvalue weighted by Gasteiger charge is -2.21. The predicted octanol–water partition coefficient (Wildman–Crippen LogP) is 3.17. The van der Waals surface area contributed by atoms with E-state index in [0.717, 1.165) is 31.3 Å². The molecule has 0 bridgehead atoms. The molecule has 1 aromatic heterocycles. The number of H-pyrrole nitrogens is 1. The van der Waals surface area contributed by atoms with Gasteiger partial charge in [0.2, 0.25) is 0 Å². The third-order valence-electron chi connectivity index (χ3n) is 3.48. The molecule has 2 aromatic rings. The van der Waals surface area contributed by atoms with Crippen LogP contribution in [0.4, 0.5) is 8.78 Å². The molecule has 0 saturated carbocycles. The monoisotopic (exact) mass is 263 g/mol. The van der Waals surface area contributed by atoms with Crippen molar-refractivity contribution in [3.8, 4) is 11.3 Å². The summed E-state index contributed by atoms with van der Waals surface area (Å²) in [6.07, 6.45) is 4.90. The zero-order chi connectivity index (χ0) is 13.2. The Balaban J connectivity index is 1.90. The fourth-order valence-corrected chi connectivity index (χ4v) is 2.45. The highest BCUT2D eigenvalue weighted by Crippen LogP contribution is 2.26. The zero-order valence-corrected chi connectivity index (χ0v) is 10.4. The van der Waals surface area contributed by atoms with Crippen LogP contribution in [0.25, 0.3) is 11.3 Å². The molecule has 1 saturated heterocycles. The largest absolute Gasteiger partial charge is 0.341 e. The second kappa shape index (κ2) is 5.09. The molecule has 0 spiro atoms. The second-order valence-electron chi connectivity index (χ2n) is 4.79. The molecule has 1 atom stereocenters. The van der Waals surface area contributed by atoms with Gasteiger partial charge < -0.3 is 10.3 Å². The Hall–Kier alpha value is -1.75. The van der Waals surface area contributed by atoms with Crippen molar-refractivity contribution >= 4 is 0 Å². The lowest BCUT2D eigenvalue weighted by Crippen LogP contribution is -2.27. The van der Waals surface area contributed by atoms with Crippen LogP contribution in [0.1, 0.15) is 31.1 Å². The molecule has 0 amide bonds. The molecule has 100 valence electrons. The molecule has 2 N–H and O–H groups in total. The van der Waals surface area contributed by atoms with Crippen LogP contribution in [0, 0.1) is 11.6 Å². The highest BCUT2D eigenvalue weighted by Gasteiger charge is 2.19. The van der Waals surface area contributed by atoms with Gasteiger partial charge in [-0.15, -0.1) is 0 Å². The fourth-order valence-electron chi connectivity index (χ4n) is 2.45. The van der Waals surface area contributed by atoms with Crippen LogP contribution in [0.3, 0.4) is 0 Å². The van der Waals surface area contributed by atoms with Gasteiger partial charge in [-0.1, -0.05) is 12.5 Å². The summed E-state index contributed by atoms with van der Waals surface area (Å²) >= 11 is 0. The van der Waals surface area contributed by atoms with Crippen molar-refractivity contribution in [2.45, 2.75) is 25.3 Å². The van der Waals surface area contributed by atoms with Crippen LogP contribution < -0.4 is 5.32 Å². The van der Waals surface area contributed by atoms with E-state index >= 15 is 0 Å². The molecule has 0 aliphatic carbocycles. The number of nitrogens with zero attached hydrogens (tertiary/aromatic N) is 1. The van der Waals surface area contributed by atoms with Crippen molar-refractivity contribution in [2.24, 2.45) is 0 Å². The average molecular weight is 263 g/mol. The van der Waals surface area contributed by atoms with Gasteiger partial charge in [-0.05, 0) is 31.5 Å². The molecule has 5 heteroatoms. The summed E-state index contributed by atoms with van der Waals surface area (Å²) in [6.45, 7) is 0.967. The Morgan fingerprint density at radius 1 is 1.21 bits per heavy atom. The smallest absolute Gasteiger partial charge is 0.168 e. The zero-order valence-electron chi connectivity index (χ0n) is 10.4. The maximum Gasteiger partial charge on any atom is 0.168 e. The van der Waals surface area contributed by atoms with E-state index in [1.807, 2.05) is 0 Å². The van der Waals surface area contributed by atoms with E-state index in [1.165, 1.54) is 12.5 Å². The Kier molecular flexibility index (Phi) is 3.29. The standard InChI is InChI=1S/C14H15F2N3/c15-10-5-3-4-9(13(10)16)12-8-18-14(19-12)11-6-1-2-7-17-11/h3-5,8,11,17H,1-2,6-7H2,(H,18,19). The minimum atomic E-state index is -0.843. The molecule has 1 unspecified atom stereocenters. The molecule has 3 nitrogen and oxygen atoms in total. The molecule has 2 heterocycles. The first-order valence-corrected chi connectivity index (χ1v) is 6.48. The van der Waals surface area contributed by atoms with Crippen molar-refractivity contribution in [3.63, 3.8) is 0 Å². The number of piperidine rings is 1. The summed E-state index contributed by atoms with van der Waals surface area (Å²) in [5.74, 6) is -0.892. The van der Waals surface area contributed by atoms with Gasteiger partial charge >= 0.3 is 0 Å². The molecular weight excluding hydrogens is 248 g/mol. The number of aromatic amines is 1. The molecule has 1 fully saturated rings. The summed E-state index contributed by atoms with van der Waals surface area (Å²) in [5, 5.41) is 3.36. The topological polar surface area (TPSA) is 40.7 Å². The highest BCUT2D eigenvalue weighted by molar-refractivity contribution is 5.59. The van der Waals surface area contributed by atoms with Gasteiger partial charge in [0.15, 0.2) is 11.6 Å². The quantitative estimate of drug-likeness (QED) is 0.873. The number of imidazole rings is 1. The molecule has 19 heavy (non-hydrogen) atoms. The number of hydrogen-bond donors (Lipinski definition) is 2. The van der Waals surface area contributed by atoms with Gasteiger partial charge in [-0.25, -0.2) is 13.8 Å². The van der Waals surface area contributed by atoms with Gasteiger partial charge in [0.05, 0.1) is 17.9 Å². The SMILES string of the molecule is Fc1cccc(-c2cnc(C3CCCCN3)[nH]2)c1F. The summed E-state index contributed by atoms with van der Waals surface area (Å²) in [4.78, 5) is 7.37. The molecule has 1 aliphatic rings. The highest BCUT2D eigenvalue weighted by atomic mass is 19.2. The third-order valence-corrected chi connectivity index (χ3v) is 3.48. The normalized spacial score (nSPS) is 19.6. The fraction of sp³-hybridized carbons (Fsp3) is 0.357. The van der Waals surface area contributed by atoms with Crippen LogP contribution in [-0.2, 0) is 0 Å². The lowest BCUT2D eigenvalue weighted by molar-refractivity contribution is 0.399. The van der Waals surface area contributed by atoms with E-state index in [2.05, 4.69) is 15.3 Å². The van der Waals surface area contributed by atoms with Gasteiger partial charge in [-0.2, -0.15) is 0 Å². The molecule has 1 aliphatic heterocycles. The number of hydrogen-bond acceptors (Lipinski definition) is 2. The van der Waals surface area contributed by atoms with E-state index in [-0.39, 0.29) is 11.6 Å². The second-order valence-corrected chi connectivity index (χ2v) is 4.79. The van der Waals surface area contributed by atoms with Crippen LogP contribution in [-0.4, -0.2) is 16.5 Å². The van der Waals surface area contributed by atoms with Crippen LogP contribution in [0.5, 0.6) is 0 Å². The Bertz CT molecular complexity index is 574. The Labute approximate surface area is 110 Å². The minimum absolute atomic E-state index is 0.180. The van der Waals surface area contributed by atoms with Crippen molar-refractivity contribution in [2.75, 3.05) is 6.54 Å². The number of nitrogens with one attached hydrogen (secondary N) is 2. The summed E-state index contributed by atoms with van der Waals surface area (Å²) < 4.78 is 26.9. The molecule has 1 aromatic carbocycles. The maximum absolute atomic E-state index is 13.7. The van der Waals surface area contributed by atoms with Crippen molar-refractivity contribution in [1.82, 2.24) is 15.3 Å². The Morgan fingerprint density at radius 3 is 2.89 bits per heavy atom. The lowest BCUT2D eigenvalue weighted by atomic mass is 10.0.